The zero-order valence-corrected chi connectivity index (χ0v) is 19.3. The van der Waals surface area contributed by atoms with Crippen molar-refractivity contribution in [2.45, 2.75) is 56.0 Å². The van der Waals surface area contributed by atoms with Crippen LogP contribution < -0.4 is 0 Å². The zero-order chi connectivity index (χ0) is 23.0. The van der Waals surface area contributed by atoms with Crippen molar-refractivity contribution in [3.05, 3.63) is 41.2 Å². The van der Waals surface area contributed by atoms with Crippen molar-refractivity contribution in [2.75, 3.05) is 32.8 Å². The second kappa shape index (κ2) is 9.11. The number of sulfonamides is 1. The lowest BCUT2D eigenvalue weighted by Gasteiger charge is -2.27. The van der Waals surface area contributed by atoms with Crippen molar-refractivity contribution in [2.24, 2.45) is 0 Å². The molecule has 1 aromatic heterocycles. The molecule has 1 aromatic carbocycles. The van der Waals surface area contributed by atoms with E-state index in [1.807, 2.05) is 0 Å². The minimum atomic E-state index is -3.84. The highest BCUT2D eigenvalue weighted by molar-refractivity contribution is 7.89. The molecule has 3 aliphatic heterocycles. The average molecular weight is 478 g/mol. The molecule has 0 aliphatic carbocycles. The minimum absolute atomic E-state index is 0.0822. The van der Waals surface area contributed by atoms with E-state index in [0.717, 1.165) is 62.8 Å². The molecule has 1 atom stereocenters. The number of aryl methyl sites for hydroxylation is 1. The molecule has 11 heteroatoms. The molecular weight excluding hydrogens is 449 g/mol. The Balaban J connectivity index is 1.44. The monoisotopic (exact) mass is 477 g/mol. The Morgan fingerprint density at radius 1 is 1.03 bits per heavy atom. The standard InChI is InChI=1S/C22H28FN5O4S/c23-18-8-7-16(33(30,31)26-11-13-32-14-12-26)15-17(18)22(29)27-10-4-5-19(27)21-25-24-20-6-2-1-3-9-28(20)21/h7-8,15,19H,1-6,9-14H2. The molecule has 2 aromatic rings. The maximum atomic E-state index is 14.8. The molecule has 0 saturated carbocycles. The molecule has 1 unspecified atom stereocenters. The van der Waals surface area contributed by atoms with E-state index in [2.05, 4.69) is 14.8 Å². The first-order chi connectivity index (χ1) is 16.0. The van der Waals surface area contributed by atoms with Crippen LogP contribution >= 0.6 is 0 Å². The van der Waals surface area contributed by atoms with Crippen LogP contribution in [0, 0.1) is 5.82 Å². The van der Waals surface area contributed by atoms with Crippen LogP contribution in [0.3, 0.4) is 0 Å². The number of benzene rings is 1. The summed E-state index contributed by atoms with van der Waals surface area (Å²) in [4.78, 5) is 15.0. The van der Waals surface area contributed by atoms with Crippen molar-refractivity contribution in [1.29, 1.82) is 0 Å². The van der Waals surface area contributed by atoms with Crippen LogP contribution in [0.4, 0.5) is 4.39 Å². The first-order valence-corrected chi connectivity index (χ1v) is 13.0. The highest BCUT2D eigenvalue weighted by Gasteiger charge is 2.36. The number of aromatic nitrogens is 3. The summed E-state index contributed by atoms with van der Waals surface area (Å²) < 4.78 is 49.5. The summed E-state index contributed by atoms with van der Waals surface area (Å²) in [5, 5.41) is 8.75. The maximum Gasteiger partial charge on any atom is 0.257 e. The quantitative estimate of drug-likeness (QED) is 0.669. The number of hydrogen-bond donors (Lipinski definition) is 0. The van der Waals surface area contributed by atoms with Crippen LogP contribution in [0.25, 0.3) is 0 Å². The number of ether oxygens (including phenoxy) is 1. The molecule has 3 aliphatic rings. The fourth-order valence-corrected chi connectivity index (χ4v) is 6.39. The Hall–Kier alpha value is -2.37. The number of carbonyl (C=O) groups is 1. The first-order valence-electron chi connectivity index (χ1n) is 11.6. The number of likely N-dealkylation sites (tertiary alicyclic amines) is 1. The summed E-state index contributed by atoms with van der Waals surface area (Å²) in [5.41, 5.74) is -0.230. The van der Waals surface area contributed by atoms with E-state index in [0.29, 0.717) is 19.8 Å². The molecule has 178 valence electrons. The summed E-state index contributed by atoms with van der Waals surface area (Å²) in [6.07, 6.45) is 5.59. The topological polar surface area (TPSA) is 97.6 Å². The number of halogens is 1. The molecule has 5 rings (SSSR count). The predicted octanol–water partition coefficient (Wildman–Crippen LogP) is 2.14. The predicted molar refractivity (Wildman–Crippen MR) is 117 cm³/mol. The lowest BCUT2D eigenvalue weighted by Crippen LogP contribution is -2.40. The highest BCUT2D eigenvalue weighted by Crippen LogP contribution is 2.34. The summed E-state index contributed by atoms with van der Waals surface area (Å²) in [6.45, 7) is 2.36. The van der Waals surface area contributed by atoms with E-state index in [-0.39, 0.29) is 29.6 Å². The molecule has 2 saturated heterocycles. The lowest BCUT2D eigenvalue weighted by molar-refractivity contribution is 0.0719. The number of morpholine rings is 1. The Kier molecular flexibility index (Phi) is 6.19. The van der Waals surface area contributed by atoms with Crippen LogP contribution in [0.1, 0.15) is 60.2 Å². The van der Waals surface area contributed by atoms with E-state index in [1.165, 1.54) is 16.4 Å². The van der Waals surface area contributed by atoms with Gasteiger partial charge in [0, 0.05) is 32.6 Å². The molecule has 1 amide bonds. The van der Waals surface area contributed by atoms with Gasteiger partial charge in [-0.25, -0.2) is 12.8 Å². The van der Waals surface area contributed by atoms with Gasteiger partial charge >= 0.3 is 0 Å². The van der Waals surface area contributed by atoms with Gasteiger partial charge in [0.05, 0.1) is 29.7 Å². The van der Waals surface area contributed by atoms with Gasteiger partial charge in [-0.15, -0.1) is 10.2 Å². The zero-order valence-electron chi connectivity index (χ0n) is 18.4. The maximum absolute atomic E-state index is 14.8. The number of carbonyl (C=O) groups excluding carboxylic acids is 1. The molecule has 0 bridgehead atoms. The van der Waals surface area contributed by atoms with Gasteiger partial charge in [-0.2, -0.15) is 4.31 Å². The molecule has 0 N–H and O–H groups in total. The molecule has 4 heterocycles. The Morgan fingerprint density at radius 2 is 1.85 bits per heavy atom. The number of hydrogen-bond acceptors (Lipinski definition) is 6. The van der Waals surface area contributed by atoms with E-state index < -0.39 is 21.7 Å². The van der Waals surface area contributed by atoms with Crippen LogP contribution in [-0.4, -0.2) is 71.1 Å². The molecule has 33 heavy (non-hydrogen) atoms. The third-order valence-electron chi connectivity index (χ3n) is 6.73. The van der Waals surface area contributed by atoms with Crippen molar-refractivity contribution < 1.29 is 22.3 Å². The lowest BCUT2D eigenvalue weighted by atomic mass is 10.1. The van der Waals surface area contributed by atoms with Gasteiger partial charge < -0.3 is 14.2 Å². The van der Waals surface area contributed by atoms with Crippen molar-refractivity contribution in [3.8, 4) is 0 Å². The molecule has 0 radical (unpaired) electrons. The number of rotatable bonds is 4. The average Bonchev–Trinajstić information content (AvgIpc) is 3.40. The van der Waals surface area contributed by atoms with E-state index in [4.69, 9.17) is 4.74 Å². The summed E-state index contributed by atoms with van der Waals surface area (Å²) in [5.74, 6) is 0.438. The Morgan fingerprint density at radius 3 is 2.67 bits per heavy atom. The van der Waals surface area contributed by atoms with Crippen LogP contribution in [0.5, 0.6) is 0 Å². The second-order valence-corrected chi connectivity index (χ2v) is 10.7. The first kappa shape index (κ1) is 22.4. The van der Waals surface area contributed by atoms with E-state index in [1.54, 1.807) is 4.90 Å². The summed E-state index contributed by atoms with van der Waals surface area (Å²) in [7, 11) is -3.84. The summed E-state index contributed by atoms with van der Waals surface area (Å²) >= 11 is 0. The number of nitrogens with zero attached hydrogens (tertiary/aromatic N) is 5. The number of fused-ring (bicyclic) bond motifs is 1. The Labute approximate surface area is 192 Å². The third kappa shape index (κ3) is 4.17. The summed E-state index contributed by atoms with van der Waals surface area (Å²) in [6, 6.07) is 3.16. The molecular formula is C22H28FN5O4S. The van der Waals surface area contributed by atoms with Crippen molar-refractivity contribution >= 4 is 15.9 Å². The molecule has 0 spiro atoms. The van der Waals surface area contributed by atoms with E-state index >= 15 is 0 Å². The fourth-order valence-electron chi connectivity index (χ4n) is 4.95. The molecule has 2 fully saturated rings. The van der Waals surface area contributed by atoms with Gasteiger partial charge in [0.1, 0.15) is 11.6 Å². The fraction of sp³-hybridized carbons (Fsp3) is 0.591. The van der Waals surface area contributed by atoms with Crippen LogP contribution in [0.2, 0.25) is 0 Å². The van der Waals surface area contributed by atoms with Gasteiger partial charge in [-0.05, 0) is 43.9 Å². The van der Waals surface area contributed by atoms with Gasteiger partial charge in [0.25, 0.3) is 5.91 Å². The van der Waals surface area contributed by atoms with Crippen molar-refractivity contribution in [3.63, 3.8) is 0 Å². The van der Waals surface area contributed by atoms with Gasteiger partial charge in [0.2, 0.25) is 10.0 Å². The minimum Gasteiger partial charge on any atom is -0.379 e. The second-order valence-electron chi connectivity index (χ2n) is 8.75. The largest absolute Gasteiger partial charge is 0.379 e. The van der Waals surface area contributed by atoms with Crippen molar-refractivity contribution in [1.82, 2.24) is 24.0 Å². The molecule has 9 nitrogen and oxygen atoms in total. The number of amides is 1. The SMILES string of the molecule is O=C(c1cc(S(=O)(=O)N2CCOCC2)ccc1F)N1CCCC1c1nnc2n1CCCCC2. The smallest absolute Gasteiger partial charge is 0.257 e. The van der Waals surface area contributed by atoms with Gasteiger partial charge in [-0.3, -0.25) is 4.79 Å². The van der Waals surface area contributed by atoms with E-state index in [9.17, 15) is 17.6 Å². The third-order valence-corrected chi connectivity index (χ3v) is 8.62. The highest BCUT2D eigenvalue weighted by atomic mass is 32.2. The van der Waals surface area contributed by atoms with Crippen LogP contribution in [0.15, 0.2) is 23.1 Å². The normalized spacial score (nSPS) is 22.2. The Bertz CT molecular complexity index is 1150. The van der Waals surface area contributed by atoms with Gasteiger partial charge in [0.15, 0.2) is 5.82 Å². The van der Waals surface area contributed by atoms with Gasteiger partial charge in [-0.1, -0.05) is 6.42 Å². The van der Waals surface area contributed by atoms with Crippen LogP contribution in [-0.2, 0) is 27.7 Å².